The van der Waals surface area contributed by atoms with Gasteiger partial charge < -0.3 is 14.8 Å². The van der Waals surface area contributed by atoms with Crippen molar-refractivity contribution in [2.75, 3.05) is 13.2 Å². The summed E-state index contributed by atoms with van der Waals surface area (Å²) in [5, 5.41) is 12.8. The first-order valence-corrected chi connectivity index (χ1v) is 9.22. The number of para-hydroxylation sites is 1. The predicted octanol–water partition coefficient (Wildman–Crippen LogP) is 3.67. The van der Waals surface area contributed by atoms with Crippen molar-refractivity contribution in [1.82, 2.24) is 10.3 Å². The number of nitrogens with zero attached hydrogens (tertiary/aromatic N) is 1. The lowest BCUT2D eigenvalue weighted by Crippen LogP contribution is -2.29. The second-order valence-electron chi connectivity index (χ2n) is 7.01. The van der Waals surface area contributed by atoms with E-state index < -0.39 is 0 Å². The fraction of sp³-hybridized carbons (Fsp3) is 0.273. The summed E-state index contributed by atoms with van der Waals surface area (Å²) in [5.74, 6) is 1.02. The van der Waals surface area contributed by atoms with Crippen molar-refractivity contribution in [1.29, 1.82) is 0 Å². The lowest BCUT2D eigenvalue weighted by atomic mass is 9.80. The van der Waals surface area contributed by atoms with Gasteiger partial charge in [-0.1, -0.05) is 25.1 Å². The fourth-order valence-electron chi connectivity index (χ4n) is 3.80. The molecule has 0 bridgehead atoms. The van der Waals surface area contributed by atoms with Crippen molar-refractivity contribution in [2.24, 2.45) is 5.92 Å². The average Bonchev–Trinajstić information content (AvgIpc) is 3.17. The number of aliphatic hydroxyl groups is 1. The average molecular weight is 362 g/mol. The molecule has 2 N–H and O–H groups in total. The topological polar surface area (TPSA) is 75.4 Å². The molecule has 2 heterocycles. The Bertz CT molecular complexity index is 1010. The summed E-state index contributed by atoms with van der Waals surface area (Å²) in [7, 11) is 0. The van der Waals surface area contributed by atoms with Crippen LogP contribution in [0.15, 0.2) is 47.1 Å². The molecule has 0 fully saturated rings. The molecule has 5 heteroatoms. The van der Waals surface area contributed by atoms with E-state index in [1.165, 1.54) is 0 Å². The summed E-state index contributed by atoms with van der Waals surface area (Å²) in [6.07, 6.45) is 5.36. The number of benzene rings is 1. The van der Waals surface area contributed by atoms with Crippen LogP contribution < -0.4 is 5.32 Å². The summed E-state index contributed by atoms with van der Waals surface area (Å²) in [6.45, 7) is 2.33. The number of allylic oxidation sites excluding steroid dienone is 1. The van der Waals surface area contributed by atoms with E-state index in [1.54, 1.807) is 6.26 Å². The Balaban J connectivity index is 1.94. The number of amides is 1. The number of fused-ring (bicyclic) bond motifs is 2. The van der Waals surface area contributed by atoms with Gasteiger partial charge in [0.15, 0.2) is 0 Å². The summed E-state index contributed by atoms with van der Waals surface area (Å²) >= 11 is 0. The van der Waals surface area contributed by atoms with Gasteiger partial charge >= 0.3 is 0 Å². The van der Waals surface area contributed by atoms with Gasteiger partial charge in [0.25, 0.3) is 5.91 Å². The van der Waals surface area contributed by atoms with E-state index in [-0.39, 0.29) is 19.1 Å². The zero-order chi connectivity index (χ0) is 18.8. The van der Waals surface area contributed by atoms with E-state index in [9.17, 15) is 4.79 Å². The van der Waals surface area contributed by atoms with Gasteiger partial charge in [-0.2, -0.15) is 0 Å². The molecule has 138 valence electrons. The first kappa shape index (κ1) is 17.5. The van der Waals surface area contributed by atoms with Crippen molar-refractivity contribution in [3.05, 3.63) is 65.2 Å². The van der Waals surface area contributed by atoms with Crippen molar-refractivity contribution in [2.45, 2.75) is 19.8 Å². The molecule has 0 radical (unpaired) electrons. The molecule has 1 aromatic carbocycles. The van der Waals surface area contributed by atoms with Crippen LogP contribution in [0.3, 0.4) is 0 Å². The van der Waals surface area contributed by atoms with E-state index >= 15 is 0 Å². The number of hydrogen-bond acceptors (Lipinski definition) is 4. The number of furan rings is 1. The Morgan fingerprint density at radius 1 is 1.30 bits per heavy atom. The van der Waals surface area contributed by atoms with Gasteiger partial charge in [-0.15, -0.1) is 0 Å². The van der Waals surface area contributed by atoms with Crippen molar-refractivity contribution >= 4 is 28.5 Å². The molecule has 0 saturated carbocycles. The van der Waals surface area contributed by atoms with Gasteiger partial charge in [0, 0.05) is 11.9 Å². The van der Waals surface area contributed by atoms with Crippen LogP contribution in [0.1, 0.15) is 40.7 Å². The summed E-state index contributed by atoms with van der Waals surface area (Å²) in [4.78, 5) is 17.8. The molecule has 27 heavy (non-hydrogen) atoms. The molecule has 0 aliphatic heterocycles. The highest BCUT2D eigenvalue weighted by atomic mass is 16.3. The number of rotatable bonds is 4. The third-order valence-electron chi connectivity index (χ3n) is 4.90. The highest BCUT2D eigenvalue weighted by Gasteiger charge is 2.28. The number of aromatic nitrogens is 1. The standard InChI is InChI=1S/C22H22N2O3/c1-14-11-15(13-16-5-4-10-27-16)21-18(12-14)20(22(26)23-8-9-25)17-6-2-3-7-19(17)24-21/h2-7,10,13-14,25H,8-9,11-12H2,1H3,(H,23,26)/b15-13-. The van der Waals surface area contributed by atoms with Crippen LogP contribution in [0, 0.1) is 5.92 Å². The molecular formula is C22H22N2O3. The summed E-state index contributed by atoms with van der Waals surface area (Å²) < 4.78 is 5.49. The van der Waals surface area contributed by atoms with Crippen LogP contribution in [0.25, 0.3) is 22.6 Å². The van der Waals surface area contributed by atoms with Crippen molar-refractivity contribution in [3.63, 3.8) is 0 Å². The Morgan fingerprint density at radius 2 is 2.15 bits per heavy atom. The van der Waals surface area contributed by atoms with Crippen LogP contribution in [-0.2, 0) is 6.42 Å². The number of pyridine rings is 1. The fourth-order valence-corrected chi connectivity index (χ4v) is 3.80. The minimum Gasteiger partial charge on any atom is -0.465 e. The Labute approximate surface area is 157 Å². The number of aliphatic hydroxyl groups excluding tert-OH is 1. The molecule has 2 aromatic heterocycles. The van der Waals surface area contributed by atoms with Crippen LogP contribution in [0.2, 0.25) is 0 Å². The smallest absolute Gasteiger partial charge is 0.252 e. The van der Waals surface area contributed by atoms with Gasteiger partial charge in [0.2, 0.25) is 0 Å². The Hall–Kier alpha value is -2.92. The normalized spacial score (nSPS) is 17.9. The molecule has 1 aliphatic rings. The van der Waals surface area contributed by atoms with E-state index in [2.05, 4.69) is 12.2 Å². The molecule has 5 nitrogen and oxygen atoms in total. The van der Waals surface area contributed by atoms with Crippen LogP contribution in [0.4, 0.5) is 0 Å². The lowest BCUT2D eigenvalue weighted by Gasteiger charge is -2.26. The maximum Gasteiger partial charge on any atom is 0.252 e. The van der Waals surface area contributed by atoms with Crippen LogP contribution >= 0.6 is 0 Å². The van der Waals surface area contributed by atoms with Crippen LogP contribution in [-0.4, -0.2) is 29.1 Å². The zero-order valence-corrected chi connectivity index (χ0v) is 15.2. The SMILES string of the molecule is CC1C/C(=C/c2ccco2)c2nc3ccccc3c(C(=O)NCCO)c2C1. The summed E-state index contributed by atoms with van der Waals surface area (Å²) in [6, 6.07) is 11.5. The van der Waals surface area contributed by atoms with E-state index in [1.807, 2.05) is 42.5 Å². The Kier molecular flexibility index (Phi) is 4.77. The molecular weight excluding hydrogens is 340 g/mol. The summed E-state index contributed by atoms with van der Waals surface area (Å²) in [5.41, 5.74) is 4.39. The van der Waals surface area contributed by atoms with E-state index in [0.717, 1.165) is 46.3 Å². The van der Waals surface area contributed by atoms with Crippen molar-refractivity contribution < 1.29 is 14.3 Å². The quantitative estimate of drug-likeness (QED) is 0.742. The van der Waals surface area contributed by atoms with Gasteiger partial charge in [-0.05, 0) is 54.2 Å². The second kappa shape index (κ2) is 7.37. The molecule has 0 saturated heterocycles. The molecule has 1 amide bonds. The lowest BCUT2D eigenvalue weighted by molar-refractivity contribution is 0.0945. The molecule has 0 spiro atoms. The monoisotopic (exact) mass is 362 g/mol. The first-order chi connectivity index (χ1) is 13.2. The van der Waals surface area contributed by atoms with Crippen molar-refractivity contribution in [3.8, 4) is 0 Å². The van der Waals surface area contributed by atoms with Gasteiger partial charge in [-0.3, -0.25) is 4.79 Å². The maximum absolute atomic E-state index is 12.9. The zero-order valence-electron chi connectivity index (χ0n) is 15.2. The molecule has 1 atom stereocenters. The minimum atomic E-state index is -0.162. The Morgan fingerprint density at radius 3 is 2.93 bits per heavy atom. The van der Waals surface area contributed by atoms with Gasteiger partial charge in [0.1, 0.15) is 5.76 Å². The molecule has 1 unspecified atom stereocenters. The van der Waals surface area contributed by atoms with Crippen LogP contribution in [0.5, 0.6) is 0 Å². The highest BCUT2D eigenvalue weighted by Crippen LogP contribution is 2.38. The third kappa shape index (κ3) is 3.38. The maximum atomic E-state index is 12.9. The number of carbonyl (C=O) groups is 1. The first-order valence-electron chi connectivity index (χ1n) is 9.22. The molecule has 3 aromatic rings. The van der Waals surface area contributed by atoms with Gasteiger partial charge in [-0.25, -0.2) is 4.98 Å². The second-order valence-corrected chi connectivity index (χ2v) is 7.01. The highest BCUT2D eigenvalue weighted by molar-refractivity contribution is 6.09. The minimum absolute atomic E-state index is 0.0863. The predicted molar refractivity (Wildman–Crippen MR) is 105 cm³/mol. The third-order valence-corrected chi connectivity index (χ3v) is 4.90. The van der Waals surface area contributed by atoms with E-state index in [0.29, 0.717) is 11.5 Å². The van der Waals surface area contributed by atoms with E-state index in [4.69, 9.17) is 14.5 Å². The number of hydrogen-bond donors (Lipinski definition) is 2. The molecule has 1 aliphatic carbocycles. The number of carbonyl (C=O) groups excluding carboxylic acids is 1. The van der Waals surface area contributed by atoms with Gasteiger partial charge in [0.05, 0.1) is 29.6 Å². The molecule has 4 rings (SSSR count). The number of nitrogens with one attached hydrogen (secondary N) is 1. The largest absolute Gasteiger partial charge is 0.465 e.